The van der Waals surface area contributed by atoms with Crippen molar-refractivity contribution < 1.29 is 0 Å². The van der Waals surface area contributed by atoms with Crippen LogP contribution in [0.2, 0.25) is 0 Å². The van der Waals surface area contributed by atoms with Crippen molar-refractivity contribution in [2.75, 3.05) is 38.2 Å². The zero-order chi connectivity index (χ0) is 11.4. The molecule has 0 amide bonds. The van der Waals surface area contributed by atoms with Gasteiger partial charge >= 0.3 is 0 Å². The van der Waals surface area contributed by atoms with E-state index in [0.717, 1.165) is 17.9 Å². The van der Waals surface area contributed by atoms with Gasteiger partial charge < -0.3 is 10.2 Å². The summed E-state index contributed by atoms with van der Waals surface area (Å²) in [6.45, 7) is 7.61. The van der Waals surface area contributed by atoms with Crippen LogP contribution in [0.5, 0.6) is 0 Å². The number of rotatable bonds is 7. The minimum Gasteiger partial charge on any atom is -0.314 e. The molecule has 0 radical (unpaired) electrons. The highest BCUT2D eigenvalue weighted by Gasteiger charge is 2.26. The Morgan fingerprint density at radius 1 is 1.38 bits per heavy atom. The van der Waals surface area contributed by atoms with E-state index < -0.39 is 0 Å². The van der Waals surface area contributed by atoms with Crippen LogP contribution in [0.15, 0.2) is 0 Å². The monoisotopic (exact) mass is 242 g/mol. The number of likely N-dealkylation sites (tertiary alicyclic amines) is 1. The second-order valence-corrected chi connectivity index (χ2v) is 6.57. The summed E-state index contributed by atoms with van der Waals surface area (Å²) in [5.74, 6) is 3.08. The fourth-order valence-electron chi connectivity index (χ4n) is 2.64. The number of thioether (sulfide) groups is 1. The molecule has 2 atom stereocenters. The fraction of sp³-hybridized carbons (Fsp3) is 1.00. The van der Waals surface area contributed by atoms with Crippen molar-refractivity contribution in [2.24, 2.45) is 11.8 Å². The van der Waals surface area contributed by atoms with Crippen LogP contribution in [0.1, 0.15) is 26.2 Å². The van der Waals surface area contributed by atoms with Gasteiger partial charge in [-0.15, -0.1) is 0 Å². The topological polar surface area (TPSA) is 15.3 Å². The van der Waals surface area contributed by atoms with E-state index in [-0.39, 0.29) is 0 Å². The predicted octanol–water partition coefficient (Wildman–Crippen LogP) is 2.06. The van der Waals surface area contributed by atoms with Gasteiger partial charge in [-0.3, -0.25) is 0 Å². The molecule has 0 aromatic heterocycles. The maximum Gasteiger partial charge on any atom is 0.00683 e. The highest BCUT2D eigenvalue weighted by molar-refractivity contribution is 7.98. The lowest BCUT2D eigenvalue weighted by atomic mass is 10.1. The molecular formula is C13H26N2S. The number of hydrogen-bond donors (Lipinski definition) is 1. The van der Waals surface area contributed by atoms with E-state index in [4.69, 9.17) is 0 Å². The van der Waals surface area contributed by atoms with Gasteiger partial charge in [-0.05, 0) is 56.2 Å². The minimum absolute atomic E-state index is 0.852. The Morgan fingerprint density at radius 3 is 2.88 bits per heavy atom. The van der Waals surface area contributed by atoms with Crippen LogP contribution in [0.4, 0.5) is 0 Å². The Hall–Kier alpha value is 0.270. The predicted molar refractivity (Wildman–Crippen MR) is 73.1 cm³/mol. The molecular weight excluding hydrogens is 216 g/mol. The second kappa shape index (κ2) is 6.27. The van der Waals surface area contributed by atoms with Crippen LogP contribution < -0.4 is 5.32 Å². The summed E-state index contributed by atoms with van der Waals surface area (Å²) in [5.41, 5.74) is 0. The lowest BCUT2D eigenvalue weighted by Crippen LogP contribution is -2.30. The molecule has 2 aliphatic rings. The largest absolute Gasteiger partial charge is 0.314 e. The summed E-state index contributed by atoms with van der Waals surface area (Å²) < 4.78 is 0. The van der Waals surface area contributed by atoms with E-state index in [9.17, 15) is 0 Å². The van der Waals surface area contributed by atoms with Crippen molar-refractivity contribution in [3.63, 3.8) is 0 Å². The van der Waals surface area contributed by atoms with E-state index >= 15 is 0 Å². The molecule has 1 aliphatic carbocycles. The fourth-order valence-corrected chi connectivity index (χ4v) is 3.32. The quantitative estimate of drug-likeness (QED) is 0.736. The standard InChI is InChI=1S/C13H26N2S/c1-11(10-16-2)8-15-6-5-12(9-15)7-14-13-3-4-13/h11-14H,3-10H2,1-2H3. The normalized spacial score (nSPS) is 28.5. The molecule has 1 saturated carbocycles. The molecule has 0 aromatic rings. The van der Waals surface area contributed by atoms with Gasteiger partial charge in [0.15, 0.2) is 0 Å². The van der Waals surface area contributed by atoms with E-state index in [0.29, 0.717) is 0 Å². The molecule has 1 saturated heterocycles. The summed E-state index contributed by atoms with van der Waals surface area (Å²) in [6.07, 6.45) is 6.46. The van der Waals surface area contributed by atoms with Crippen molar-refractivity contribution >= 4 is 11.8 Å². The first-order valence-electron chi connectivity index (χ1n) is 6.72. The van der Waals surface area contributed by atoms with E-state index in [1.807, 2.05) is 11.8 Å². The molecule has 2 unspecified atom stereocenters. The number of hydrogen-bond acceptors (Lipinski definition) is 3. The summed E-state index contributed by atoms with van der Waals surface area (Å²) in [4.78, 5) is 2.67. The molecule has 0 bridgehead atoms. The van der Waals surface area contributed by atoms with E-state index in [1.165, 1.54) is 51.2 Å². The maximum atomic E-state index is 3.67. The van der Waals surface area contributed by atoms with E-state index in [1.54, 1.807) is 0 Å². The smallest absolute Gasteiger partial charge is 0.00683 e. The van der Waals surface area contributed by atoms with Gasteiger partial charge in [0, 0.05) is 19.1 Å². The Morgan fingerprint density at radius 2 is 2.19 bits per heavy atom. The summed E-state index contributed by atoms with van der Waals surface area (Å²) in [5, 5.41) is 3.67. The van der Waals surface area contributed by atoms with Crippen molar-refractivity contribution in [3.8, 4) is 0 Å². The zero-order valence-electron chi connectivity index (χ0n) is 10.7. The third kappa shape index (κ3) is 4.27. The molecule has 1 heterocycles. The zero-order valence-corrected chi connectivity index (χ0v) is 11.6. The third-order valence-electron chi connectivity index (χ3n) is 3.66. The molecule has 1 N–H and O–H groups in total. The van der Waals surface area contributed by atoms with Gasteiger partial charge in [-0.1, -0.05) is 6.92 Å². The average Bonchev–Trinajstić information content (AvgIpc) is 2.98. The molecule has 3 heteroatoms. The van der Waals surface area contributed by atoms with Crippen LogP contribution in [0.25, 0.3) is 0 Å². The van der Waals surface area contributed by atoms with Crippen LogP contribution in [0, 0.1) is 11.8 Å². The summed E-state index contributed by atoms with van der Waals surface area (Å²) in [7, 11) is 0. The first-order chi connectivity index (χ1) is 7.78. The van der Waals surface area contributed by atoms with Crippen LogP contribution in [-0.4, -0.2) is 49.1 Å². The third-order valence-corrected chi connectivity index (χ3v) is 4.57. The Bertz CT molecular complexity index is 206. The molecule has 0 aromatic carbocycles. The minimum atomic E-state index is 0.852. The molecule has 2 fully saturated rings. The van der Waals surface area contributed by atoms with Crippen LogP contribution in [0.3, 0.4) is 0 Å². The Balaban J connectivity index is 1.58. The van der Waals surface area contributed by atoms with Gasteiger partial charge in [0.25, 0.3) is 0 Å². The van der Waals surface area contributed by atoms with Gasteiger partial charge in [-0.25, -0.2) is 0 Å². The lowest BCUT2D eigenvalue weighted by molar-refractivity contribution is 0.287. The highest BCUT2D eigenvalue weighted by atomic mass is 32.2. The number of nitrogens with zero attached hydrogens (tertiary/aromatic N) is 1. The summed E-state index contributed by atoms with van der Waals surface area (Å²) in [6, 6.07) is 0.879. The van der Waals surface area contributed by atoms with Gasteiger partial charge in [0.2, 0.25) is 0 Å². The Labute approximate surface area is 105 Å². The van der Waals surface area contributed by atoms with Gasteiger partial charge in [0.1, 0.15) is 0 Å². The van der Waals surface area contributed by atoms with Crippen molar-refractivity contribution in [1.29, 1.82) is 0 Å². The highest BCUT2D eigenvalue weighted by Crippen LogP contribution is 2.22. The Kier molecular flexibility index (Phi) is 4.98. The van der Waals surface area contributed by atoms with E-state index in [2.05, 4.69) is 23.4 Å². The first-order valence-corrected chi connectivity index (χ1v) is 8.12. The van der Waals surface area contributed by atoms with Gasteiger partial charge in [-0.2, -0.15) is 11.8 Å². The van der Waals surface area contributed by atoms with Crippen molar-refractivity contribution in [1.82, 2.24) is 10.2 Å². The van der Waals surface area contributed by atoms with Crippen molar-refractivity contribution in [2.45, 2.75) is 32.2 Å². The van der Waals surface area contributed by atoms with Crippen LogP contribution in [-0.2, 0) is 0 Å². The molecule has 94 valence electrons. The molecule has 2 rings (SSSR count). The maximum absolute atomic E-state index is 3.67. The second-order valence-electron chi connectivity index (χ2n) is 5.66. The molecule has 2 nitrogen and oxygen atoms in total. The molecule has 1 aliphatic heterocycles. The summed E-state index contributed by atoms with van der Waals surface area (Å²) >= 11 is 1.98. The van der Waals surface area contributed by atoms with Crippen LogP contribution >= 0.6 is 11.8 Å². The molecule has 0 spiro atoms. The van der Waals surface area contributed by atoms with Crippen molar-refractivity contribution in [3.05, 3.63) is 0 Å². The first kappa shape index (κ1) is 12.7. The van der Waals surface area contributed by atoms with Gasteiger partial charge in [0.05, 0.1) is 0 Å². The molecule has 16 heavy (non-hydrogen) atoms. The SMILES string of the molecule is CSCC(C)CN1CCC(CNC2CC2)C1. The lowest BCUT2D eigenvalue weighted by Gasteiger charge is -2.20. The number of nitrogens with one attached hydrogen (secondary N) is 1. The average molecular weight is 242 g/mol.